The standard InChI is InChI=1S/C17H31N/c1-15(2,3)17-9-12-7-13(10-17)18(16(4,5)6)14(8-12)11-17/h12-14H,7-11H2,1-6H3. The lowest BCUT2D eigenvalue weighted by Gasteiger charge is -2.68. The molecule has 0 aromatic rings. The maximum absolute atomic E-state index is 2.88. The molecule has 1 nitrogen and oxygen atoms in total. The molecule has 2 aliphatic heterocycles. The van der Waals surface area contributed by atoms with Crippen LogP contribution in [-0.4, -0.2) is 22.5 Å². The van der Waals surface area contributed by atoms with Crippen LogP contribution in [-0.2, 0) is 0 Å². The van der Waals surface area contributed by atoms with E-state index in [1.165, 1.54) is 32.1 Å². The van der Waals surface area contributed by atoms with Gasteiger partial charge in [0.2, 0.25) is 0 Å². The highest BCUT2D eigenvalue weighted by Gasteiger charge is 2.59. The van der Waals surface area contributed by atoms with Gasteiger partial charge >= 0.3 is 0 Å². The Morgan fingerprint density at radius 2 is 1.33 bits per heavy atom. The van der Waals surface area contributed by atoms with Crippen LogP contribution in [0.1, 0.15) is 73.6 Å². The molecule has 0 aromatic heterocycles. The second-order valence-corrected chi connectivity index (χ2v) is 9.37. The van der Waals surface area contributed by atoms with E-state index >= 15 is 0 Å². The van der Waals surface area contributed by atoms with E-state index in [4.69, 9.17) is 0 Å². The maximum atomic E-state index is 2.88. The van der Waals surface area contributed by atoms with Gasteiger partial charge in [-0.15, -0.1) is 0 Å². The number of hydrogen-bond acceptors (Lipinski definition) is 1. The lowest BCUT2D eigenvalue weighted by Crippen LogP contribution is -2.68. The molecule has 104 valence electrons. The average Bonchev–Trinajstić information content (AvgIpc) is 2.10. The van der Waals surface area contributed by atoms with Crippen molar-refractivity contribution in [3.8, 4) is 0 Å². The Labute approximate surface area is 113 Å². The third kappa shape index (κ3) is 1.69. The number of nitrogens with zero attached hydrogens (tertiary/aromatic N) is 1. The van der Waals surface area contributed by atoms with Gasteiger partial charge < -0.3 is 0 Å². The third-order valence-corrected chi connectivity index (χ3v) is 6.30. The number of hydrogen-bond donors (Lipinski definition) is 0. The highest BCUT2D eigenvalue weighted by Crippen LogP contribution is 2.63. The van der Waals surface area contributed by atoms with E-state index in [9.17, 15) is 0 Å². The molecule has 2 atom stereocenters. The molecule has 1 heteroatoms. The molecule has 0 N–H and O–H groups in total. The van der Waals surface area contributed by atoms with Crippen LogP contribution in [0.5, 0.6) is 0 Å². The van der Waals surface area contributed by atoms with Crippen LogP contribution in [0, 0.1) is 16.7 Å². The summed E-state index contributed by atoms with van der Waals surface area (Å²) >= 11 is 0. The lowest BCUT2D eigenvalue weighted by molar-refractivity contribution is -0.175. The highest BCUT2D eigenvalue weighted by atomic mass is 15.3. The first-order valence-electron chi connectivity index (χ1n) is 7.91. The van der Waals surface area contributed by atoms with Crippen molar-refractivity contribution in [1.29, 1.82) is 0 Å². The summed E-state index contributed by atoms with van der Waals surface area (Å²) in [6.45, 7) is 14.7. The summed E-state index contributed by atoms with van der Waals surface area (Å²) < 4.78 is 0. The van der Waals surface area contributed by atoms with Crippen LogP contribution in [0.25, 0.3) is 0 Å². The molecular formula is C17H31N. The minimum atomic E-state index is 0.363. The summed E-state index contributed by atoms with van der Waals surface area (Å²) in [4.78, 5) is 2.88. The van der Waals surface area contributed by atoms with E-state index in [1.807, 2.05) is 0 Å². The zero-order chi connectivity index (χ0) is 13.3. The van der Waals surface area contributed by atoms with E-state index in [2.05, 4.69) is 46.4 Å². The molecule has 2 saturated heterocycles. The Kier molecular flexibility index (Phi) is 2.55. The Balaban J connectivity index is 1.94. The van der Waals surface area contributed by atoms with Crippen LogP contribution in [0.3, 0.4) is 0 Å². The molecule has 2 aliphatic carbocycles. The summed E-state index contributed by atoms with van der Waals surface area (Å²) in [5.41, 5.74) is 1.50. The third-order valence-electron chi connectivity index (χ3n) is 6.30. The smallest absolute Gasteiger partial charge is 0.0130 e. The van der Waals surface area contributed by atoms with Gasteiger partial charge in [-0.2, -0.15) is 0 Å². The fraction of sp³-hybridized carbons (Fsp3) is 1.00. The van der Waals surface area contributed by atoms with Gasteiger partial charge in [0.15, 0.2) is 0 Å². The molecule has 2 heterocycles. The van der Waals surface area contributed by atoms with Gasteiger partial charge in [0.1, 0.15) is 0 Å². The maximum Gasteiger partial charge on any atom is 0.0130 e. The monoisotopic (exact) mass is 249 g/mol. The Hall–Kier alpha value is -0.0400. The van der Waals surface area contributed by atoms with Crippen molar-refractivity contribution in [2.24, 2.45) is 16.7 Å². The summed E-state index contributed by atoms with van der Waals surface area (Å²) in [5.74, 6) is 1.03. The van der Waals surface area contributed by atoms with Gasteiger partial charge in [0, 0.05) is 17.6 Å². The van der Waals surface area contributed by atoms with E-state index in [0.29, 0.717) is 16.4 Å². The van der Waals surface area contributed by atoms with Crippen LogP contribution in [0.4, 0.5) is 0 Å². The van der Waals surface area contributed by atoms with Crippen molar-refractivity contribution in [2.75, 3.05) is 0 Å². The van der Waals surface area contributed by atoms with E-state index in [0.717, 1.165) is 18.0 Å². The minimum absolute atomic E-state index is 0.363. The molecule has 0 spiro atoms. The van der Waals surface area contributed by atoms with Gasteiger partial charge in [-0.1, -0.05) is 20.8 Å². The summed E-state index contributed by atoms with van der Waals surface area (Å²) in [5, 5.41) is 0. The second kappa shape index (κ2) is 3.53. The van der Waals surface area contributed by atoms with E-state index < -0.39 is 0 Å². The zero-order valence-corrected chi connectivity index (χ0v) is 13.2. The van der Waals surface area contributed by atoms with Crippen LogP contribution < -0.4 is 0 Å². The van der Waals surface area contributed by atoms with E-state index in [1.54, 1.807) is 0 Å². The molecule has 4 rings (SSSR count). The minimum Gasteiger partial charge on any atom is -0.293 e. The van der Waals surface area contributed by atoms with Gasteiger partial charge in [-0.05, 0) is 69.6 Å². The molecule has 2 saturated carbocycles. The molecule has 4 fully saturated rings. The quantitative estimate of drug-likeness (QED) is 0.612. The topological polar surface area (TPSA) is 3.24 Å². The SMILES string of the molecule is CC(C)(C)N1C2CC3CC1CC(C(C)(C)C)(C3)C2. The molecule has 0 radical (unpaired) electrons. The fourth-order valence-corrected chi connectivity index (χ4v) is 5.64. The van der Waals surface area contributed by atoms with Crippen molar-refractivity contribution in [1.82, 2.24) is 4.90 Å². The molecule has 0 aromatic carbocycles. The van der Waals surface area contributed by atoms with Gasteiger partial charge in [-0.3, -0.25) is 4.90 Å². The predicted octanol–water partition coefficient (Wildman–Crippen LogP) is 4.46. The first kappa shape index (κ1) is 13.0. The first-order valence-corrected chi connectivity index (χ1v) is 7.91. The van der Waals surface area contributed by atoms with Crippen molar-refractivity contribution < 1.29 is 0 Å². The van der Waals surface area contributed by atoms with Gasteiger partial charge in [0.25, 0.3) is 0 Å². The zero-order valence-electron chi connectivity index (χ0n) is 13.2. The average molecular weight is 249 g/mol. The van der Waals surface area contributed by atoms with E-state index in [-0.39, 0.29) is 0 Å². The Morgan fingerprint density at radius 1 is 0.833 bits per heavy atom. The number of rotatable bonds is 0. The second-order valence-electron chi connectivity index (χ2n) is 9.37. The largest absolute Gasteiger partial charge is 0.293 e. The van der Waals surface area contributed by atoms with Crippen molar-refractivity contribution in [2.45, 2.75) is 91.3 Å². The highest BCUT2D eigenvalue weighted by molar-refractivity contribution is 5.12. The molecule has 4 aliphatic rings. The summed E-state index contributed by atoms with van der Waals surface area (Å²) in [6, 6.07) is 1.74. The van der Waals surface area contributed by atoms with Crippen LogP contribution >= 0.6 is 0 Å². The fourth-order valence-electron chi connectivity index (χ4n) is 5.64. The van der Waals surface area contributed by atoms with Crippen molar-refractivity contribution in [3.63, 3.8) is 0 Å². The lowest BCUT2D eigenvalue weighted by atomic mass is 9.47. The Bertz CT molecular complexity index is 328. The summed E-state index contributed by atoms with van der Waals surface area (Å²) in [6.07, 6.45) is 7.39. The van der Waals surface area contributed by atoms with Crippen molar-refractivity contribution >= 4 is 0 Å². The molecule has 2 unspecified atom stereocenters. The van der Waals surface area contributed by atoms with Crippen LogP contribution in [0.2, 0.25) is 0 Å². The van der Waals surface area contributed by atoms with Gasteiger partial charge in [0.05, 0.1) is 0 Å². The normalized spacial score (nSPS) is 44.7. The molecule has 0 amide bonds. The predicted molar refractivity (Wildman–Crippen MR) is 77.6 cm³/mol. The van der Waals surface area contributed by atoms with Gasteiger partial charge in [-0.25, -0.2) is 0 Å². The molecule has 4 bridgehead atoms. The molecular weight excluding hydrogens is 218 g/mol. The first-order chi connectivity index (χ1) is 8.12. The van der Waals surface area contributed by atoms with Crippen LogP contribution in [0.15, 0.2) is 0 Å². The van der Waals surface area contributed by atoms with Crippen molar-refractivity contribution in [3.05, 3.63) is 0 Å². The molecule has 18 heavy (non-hydrogen) atoms. The Morgan fingerprint density at radius 3 is 1.72 bits per heavy atom. The summed E-state index contributed by atoms with van der Waals surface area (Å²) in [7, 11) is 0. The number of piperidine rings is 2.